The van der Waals surface area contributed by atoms with Crippen LogP contribution in [0.3, 0.4) is 0 Å². The highest BCUT2D eigenvalue weighted by Gasteiger charge is 2.48. The van der Waals surface area contributed by atoms with Crippen molar-refractivity contribution in [1.82, 2.24) is 9.21 Å². The molecule has 10 heteroatoms. The van der Waals surface area contributed by atoms with E-state index in [0.29, 0.717) is 5.02 Å². The van der Waals surface area contributed by atoms with Crippen LogP contribution in [0.4, 0.5) is 5.69 Å². The maximum Gasteiger partial charge on any atom is 0.289 e. The van der Waals surface area contributed by atoms with Crippen molar-refractivity contribution < 1.29 is 18.1 Å². The predicted octanol–water partition coefficient (Wildman–Crippen LogP) is 3.20. The summed E-state index contributed by atoms with van der Waals surface area (Å²) in [4.78, 5) is 25.3. The summed E-state index contributed by atoms with van der Waals surface area (Å²) in [6, 6.07) is 12.7. The zero-order valence-electron chi connectivity index (χ0n) is 16.7. The summed E-state index contributed by atoms with van der Waals surface area (Å²) >= 11 is 6.14. The van der Waals surface area contributed by atoms with E-state index in [1.807, 2.05) is 18.2 Å². The van der Waals surface area contributed by atoms with Crippen molar-refractivity contribution in [3.05, 3.63) is 69.2 Å². The third-order valence-electron chi connectivity index (χ3n) is 6.20. The van der Waals surface area contributed by atoms with Crippen molar-refractivity contribution in [3.63, 3.8) is 0 Å². The number of para-hydroxylation sites is 1. The van der Waals surface area contributed by atoms with Gasteiger partial charge in [0.15, 0.2) is 4.90 Å². The molecule has 1 aliphatic heterocycles. The van der Waals surface area contributed by atoms with E-state index < -0.39 is 26.0 Å². The van der Waals surface area contributed by atoms with Crippen LogP contribution in [-0.2, 0) is 20.2 Å². The highest BCUT2D eigenvalue weighted by Crippen LogP contribution is 2.46. The van der Waals surface area contributed by atoms with Gasteiger partial charge in [-0.05, 0) is 36.6 Å². The van der Waals surface area contributed by atoms with E-state index in [1.54, 1.807) is 11.0 Å². The largest absolute Gasteiger partial charge is 0.339 e. The third kappa shape index (κ3) is 3.81. The van der Waals surface area contributed by atoms with Crippen molar-refractivity contribution >= 4 is 33.2 Å². The van der Waals surface area contributed by atoms with E-state index in [9.17, 15) is 23.3 Å². The average molecular weight is 464 g/mol. The minimum absolute atomic E-state index is 0.0104. The quantitative estimate of drug-likeness (QED) is 0.500. The molecule has 31 heavy (non-hydrogen) atoms. The molecule has 0 spiro atoms. The summed E-state index contributed by atoms with van der Waals surface area (Å²) in [6.45, 7) is 0.652. The van der Waals surface area contributed by atoms with E-state index in [1.165, 1.54) is 28.6 Å². The molecule has 2 fully saturated rings. The van der Waals surface area contributed by atoms with Crippen LogP contribution in [0.1, 0.15) is 24.8 Å². The molecule has 4 rings (SSSR count). The van der Waals surface area contributed by atoms with Crippen molar-refractivity contribution in [2.45, 2.75) is 29.6 Å². The molecule has 2 aliphatic rings. The Balaban J connectivity index is 1.51. The number of nitrogens with zero attached hydrogens (tertiary/aromatic N) is 3. The number of hydrogen-bond donors (Lipinski definition) is 0. The van der Waals surface area contributed by atoms with Gasteiger partial charge in [-0.25, -0.2) is 8.42 Å². The predicted molar refractivity (Wildman–Crippen MR) is 115 cm³/mol. The van der Waals surface area contributed by atoms with Gasteiger partial charge in [0.1, 0.15) is 0 Å². The van der Waals surface area contributed by atoms with Gasteiger partial charge in [0.2, 0.25) is 15.9 Å². The molecule has 2 aromatic rings. The molecule has 1 amide bonds. The molecule has 0 atom stereocenters. The Morgan fingerprint density at radius 2 is 1.71 bits per heavy atom. The maximum absolute atomic E-state index is 13.4. The Morgan fingerprint density at radius 1 is 1.03 bits per heavy atom. The second-order valence-corrected chi connectivity index (χ2v) is 10.2. The van der Waals surface area contributed by atoms with E-state index in [-0.39, 0.29) is 37.0 Å². The van der Waals surface area contributed by atoms with Crippen LogP contribution >= 0.6 is 11.6 Å². The summed E-state index contributed by atoms with van der Waals surface area (Å²) in [6.07, 6.45) is 2.42. The smallest absolute Gasteiger partial charge is 0.289 e. The van der Waals surface area contributed by atoms with Crippen LogP contribution in [0, 0.1) is 10.1 Å². The topological polar surface area (TPSA) is 101 Å². The van der Waals surface area contributed by atoms with Crippen LogP contribution in [0.25, 0.3) is 0 Å². The van der Waals surface area contributed by atoms with Gasteiger partial charge in [0.25, 0.3) is 5.69 Å². The zero-order valence-corrected chi connectivity index (χ0v) is 18.3. The van der Waals surface area contributed by atoms with E-state index >= 15 is 0 Å². The fourth-order valence-corrected chi connectivity index (χ4v) is 6.11. The fourth-order valence-electron chi connectivity index (χ4n) is 4.34. The lowest BCUT2D eigenvalue weighted by atomic mass is 9.63. The summed E-state index contributed by atoms with van der Waals surface area (Å²) in [5.74, 6) is -0.0104. The molecule has 1 saturated carbocycles. The van der Waals surface area contributed by atoms with Crippen LogP contribution in [0.2, 0.25) is 5.02 Å². The Bertz CT molecular complexity index is 1130. The molecule has 1 heterocycles. The Morgan fingerprint density at radius 3 is 2.29 bits per heavy atom. The molecule has 2 aromatic carbocycles. The SMILES string of the molecule is O=C(N1CCN(S(=O)(=O)c2ccccc2[N+](=O)[O-])CC1)C1(c2cccc(Cl)c2)CCC1. The lowest BCUT2D eigenvalue weighted by Crippen LogP contribution is -2.57. The van der Waals surface area contributed by atoms with Crippen LogP contribution in [0.15, 0.2) is 53.4 Å². The second kappa shape index (κ2) is 8.22. The number of nitro groups is 1. The van der Waals surface area contributed by atoms with Gasteiger partial charge in [0, 0.05) is 37.3 Å². The fraction of sp³-hybridized carbons (Fsp3) is 0.381. The highest BCUT2D eigenvalue weighted by molar-refractivity contribution is 7.89. The number of piperazine rings is 1. The number of halogens is 1. The third-order valence-corrected chi connectivity index (χ3v) is 8.38. The first-order chi connectivity index (χ1) is 14.8. The molecular formula is C21H22ClN3O5S. The summed E-state index contributed by atoms with van der Waals surface area (Å²) < 4.78 is 27.2. The minimum atomic E-state index is -4.04. The molecule has 8 nitrogen and oxygen atoms in total. The van der Waals surface area contributed by atoms with Gasteiger partial charge >= 0.3 is 0 Å². The summed E-state index contributed by atoms with van der Waals surface area (Å²) in [7, 11) is -4.04. The summed E-state index contributed by atoms with van der Waals surface area (Å²) in [5.41, 5.74) is -0.161. The Labute approximate surface area is 185 Å². The number of amides is 1. The molecule has 0 N–H and O–H groups in total. The van der Waals surface area contributed by atoms with Crippen LogP contribution < -0.4 is 0 Å². The first-order valence-corrected chi connectivity index (χ1v) is 11.9. The molecular weight excluding hydrogens is 442 g/mol. The normalized spacial score (nSPS) is 18.9. The minimum Gasteiger partial charge on any atom is -0.339 e. The first kappa shape index (κ1) is 21.7. The second-order valence-electron chi connectivity index (χ2n) is 7.87. The number of carbonyl (C=O) groups excluding carboxylic acids is 1. The monoisotopic (exact) mass is 463 g/mol. The van der Waals surface area contributed by atoms with Gasteiger partial charge in [-0.2, -0.15) is 4.31 Å². The van der Waals surface area contributed by atoms with Gasteiger partial charge in [-0.1, -0.05) is 42.3 Å². The Kier molecular flexibility index (Phi) is 5.76. The van der Waals surface area contributed by atoms with Gasteiger partial charge < -0.3 is 4.90 Å². The van der Waals surface area contributed by atoms with Gasteiger partial charge in [-0.3, -0.25) is 14.9 Å². The van der Waals surface area contributed by atoms with E-state index in [4.69, 9.17) is 11.6 Å². The average Bonchev–Trinajstić information content (AvgIpc) is 2.73. The molecule has 1 aliphatic carbocycles. The number of hydrogen-bond acceptors (Lipinski definition) is 5. The van der Waals surface area contributed by atoms with Crippen molar-refractivity contribution in [2.75, 3.05) is 26.2 Å². The van der Waals surface area contributed by atoms with Gasteiger partial charge in [-0.15, -0.1) is 0 Å². The van der Waals surface area contributed by atoms with Crippen molar-refractivity contribution in [3.8, 4) is 0 Å². The standard InChI is InChI=1S/C21H22ClN3O5S/c22-17-6-3-5-16(15-17)21(9-4-10-21)20(26)23-11-13-24(14-12-23)31(29,30)19-8-2-1-7-18(19)25(27)28/h1-3,5-8,15H,4,9-14H2. The van der Waals surface area contributed by atoms with Crippen molar-refractivity contribution in [1.29, 1.82) is 0 Å². The lowest BCUT2D eigenvalue weighted by molar-refractivity contribution is -0.387. The number of nitro benzene ring substituents is 1. The van der Waals surface area contributed by atoms with Crippen LogP contribution in [-0.4, -0.2) is 54.6 Å². The van der Waals surface area contributed by atoms with E-state index in [0.717, 1.165) is 24.8 Å². The lowest BCUT2D eigenvalue weighted by Gasteiger charge is -2.46. The van der Waals surface area contributed by atoms with Gasteiger partial charge in [0.05, 0.1) is 10.3 Å². The van der Waals surface area contributed by atoms with Crippen LogP contribution in [0.5, 0.6) is 0 Å². The molecule has 1 saturated heterocycles. The Hall–Kier alpha value is -2.49. The number of rotatable bonds is 5. The summed E-state index contributed by atoms with van der Waals surface area (Å²) in [5, 5.41) is 11.8. The maximum atomic E-state index is 13.4. The van der Waals surface area contributed by atoms with E-state index in [2.05, 4.69) is 0 Å². The molecule has 0 radical (unpaired) electrons. The molecule has 0 unspecified atom stereocenters. The number of sulfonamides is 1. The molecule has 164 valence electrons. The number of carbonyl (C=O) groups is 1. The highest BCUT2D eigenvalue weighted by atomic mass is 35.5. The van der Waals surface area contributed by atoms with Crippen molar-refractivity contribution in [2.24, 2.45) is 0 Å². The number of benzene rings is 2. The first-order valence-electron chi connectivity index (χ1n) is 10.0. The molecule has 0 aromatic heterocycles. The molecule has 0 bridgehead atoms. The zero-order chi connectivity index (χ0) is 22.2.